The third-order valence-corrected chi connectivity index (χ3v) is 5.93. The molecule has 0 radical (unpaired) electrons. The van der Waals surface area contributed by atoms with Crippen molar-refractivity contribution in [3.8, 4) is 5.75 Å². The molecule has 154 valence electrons. The molecule has 1 atom stereocenters. The zero-order valence-corrected chi connectivity index (χ0v) is 18.8. The van der Waals surface area contributed by atoms with Gasteiger partial charge in [-0.25, -0.2) is 0 Å². The average Bonchev–Trinajstić information content (AvgIpc) is 2.67. The lowest BCUT2D eigenvalue weighted by Gasteiger charge is -2.24. The van der Waals surface area contributed by atoms with Crippen LogP contribution in [0.3, 0.4) is 0 Å². The highest BCUT2D eigenvalue weighted by atomic mass is 16.5. The van der Waals surface area contributed by atoms with Crippen molar-refractivity contribution in [1.29, 1.82) is 0 Å². The first-order chi connectivity index (χ1) is 13.5. The number of aryl methyl sites for hydroxylation is 1. The van der Waals surface area contributed by atoms with E-state index in [4.69, 9.17) is 4.74 Å². The number of ether oxygens (including phenoxy) is 1. The second-order valence-corrected chi connectivity index (χ2v) is 8.78. The highest BCUT2D eigenvalue weighted by Gasteiger charge is 2.18. The molecule has 0 N–H and O–H groups in total. The molecule has 0 saturated carbocycles. The summed E-state index contributed by atoms with van der Waals surface area (Å²) in [6.45, 7) is 8.93. The molecule has 1 nitrogen and oxygen atoms in total. The standard InChI is InChI=1S/C27H40O/c1-21(2)9-6-10-22(3)11-7-12-23(4)13-8-14-24-15-16-26-20-27(28-5)18-17-25(26)19-24/h9,11,13,17-18,20,24H,6-8,10,12,14-16,19H2,1-5H3/b22-11+,23-13+. The van der Waals surface area contributed by atoms with E-state index in [-0.39, 0.29) is 0 Å². The molecule has 28 heavy (non-hydrogen) atoms. The van der Waals surface area contributed by atoms with Gasteiger partial charge in [0, 0.05) is 0 Å². The van der Waals surface area contributed by atoms with Gasteiger partial charge in [-0.2, -0.15) is 0 Å². The Bertz CT molecular complexity index is 701. The van der Waals surface area contributed by atoms with Crippen LogP contribution in [-0.4, -0.2) is 7.11 Å². The molecule has 0 saturated heterocycles. The molecule has 0 aromatic heterocycles. The number of fused-ring (bicyclic) bond motifs is 1. The molecule has 0 bridgehead atoms. The number of hydrogen-bond acceptors (Lipinski definition) is 1. The lowest BCUT2D eigenvalue weighted by Crippen LogP contribution is -2.14. The second-order valence-electron chi connectivity index (χ2n) is 8.78. The van der Waals surface area contributed by atoms with Crippen LogP contribution in [-0.2, 0) is 12.8 Å². The fraction of sp³-hybridized carbons (Fsp3) is 0.556. The number of rotatable bonds is 10. The van der Waals surface area contributed by atoms with Crippen LogP contribution in [0.2, 0.25) is 0 Å². The molecule has 0 amide bonds. The van der Waals surface area contributed by atoms with Crippen molar-refractivity contribution in [2.24, 2.45) is 5.92 Å². The molecule has 1 aliphatic rings. The van der Waals surface area contributed by atoms with Gasteiger partial charge in [0.15, 0.2) is 0 Å². The Morgan fingerprint density at radius 1 is 0.929 bits per heavy atom. The minimum Gasteiger partial charge on any atom is -0.497 e. The predicted octanol–water partition coefficient (Wildman–Crippen LogP) is 8.00. The first kappa shape index (κ1) is 22.5. The van der Waals surface area contributed by atoms with Gasteiger partial charge in [0.25, 0.3) is 0 Å². The lowest BCUT2D eigenvalue weighted by atomic mass is 9.81. The zero-order valence-electron chi connectivity index (χ0n) is 18.8. The lowest BCUT2D eigenvalue weighted by molar-refractivity contribution is 0.407. The summed E-state index contributed by atoms with van der Waals surface area (Å²) < 4.78 is 5.36. The van der Waals surface area contributed by atoms with Crippen molar-refractivity contribution in [3.05, 3.63) is 64.3 Å². The van der Waals surface area contributed by atoms with Gasteiger partial charge in [0.2, 0.25) is 0 Å². The molecule has 1 heteroatoms. The first-order valence-corrected chi connectivity index (χ1v) is 11.1. The van der Waals surface area contributed by atoms with Gasteiger partial charge in [-0.05, 0) is 115 Å². The maximum Gasteiger partial charge on any atom is 0.119 e. The summed E-state index contributed by atoms with van der Waals surface area (Å²) in [6.07, 6.45) is 18.3. The monoisotopic (exact) mass is 380 g/mol. The van der Waals surface area contributed by atoms with Gasteiger partial charge in [-0.3, -0.25) is 0 Å². The summed E-state index contributed by atoms with van der Waals surface area (Å²) in [7, 11) is 1.75. The van der Waals surface area contributed by atoms with E-state index in [2.05, 4.69) is 64.1 Å². The van der Waals surface area contributed by atoms with E-state index in [9.17, 15) is 0 Å². The summed E-state index contributed by atoms with van der Waals surface area (Å²) in [5.41, 5.74) is 7.53. The molecule has 0 fully saturated rings. The summed E-state index contributed by atoms with van der Waals surface area (Å²) in [4.78, 5) is 0. The number of hydrogen-bond donors (Lipinski definition) is 0. The van der Waals surface area contributed by atoms with Crippen LogP contribution in [0, 0.1) is 5.92 Å². The maximum atomic E-state index is 5.36. The molecule has 2 rings (SSSR count). The Labute approximate surface area is 173 Å². The van der Waals surface area contributed by atoms with Crippen LogP contribution in [0.15, 0.2) is 53.1 Å². The highest BCUT2D eigenvalue weighted by Crippen LogP contribution is 2.31. The Hall–Kier alpha value is -1.76. The fourth-order valence-corrected chi connectivity index (χ4v) is 4.08. The van der Waals surface area contributed by atoms with E-state index in [1.54, 1.807) is 12.7 Å². The van der Waals surface area contributed by atoms with Crippen molar-refractivity contribution < 1.29 is 4.74 Å². The van der Waals surface area contributed by atoms with E-state index in [0.717, 1.165) is 11.7 Å². The van der Waals surface area contributed by atoms with Gasteiger partial charge in [0.05, 0.1) is 7.11 Å². The van der Waals surface area contributed by atoms with Crippen LogP contribution >= 0.6 is 0 Å². The minimum absolute atomic E-state index is 0.835. The number of benzene rings is 1. The Morgan fingerprint density at radius 2 is 1.61 bits per heavy atom. The molecule has 1 aromatic carbocycles. The largest absolute Gasteiger partial charge is 0.497 e. The SMILES string of the molecule is COc1ccc2c(c1)CCC(CC/C=C(\C)CC/C=C(\C)CCC=C(C)C)C2. The highest BCUT2D eigenvalue weighted by molar-refractivity contribution is 5.37. The fourth-order valence-electron chi connectivity index (χ4n) is 4.08. The normalized spacial score (nSPS) is 17.2. The van der Waals surface area contributed by atoms with Crippen molar-refractivity contribution >= 4 is 0 Å². The van der Waals surface area contributed by atoms with Crippen LogP contribution < -0.4 is 4.74 Å². The van der Waals surface area contributed by atoms with Crippen molar-refractivity contribution in [3.63, 3.8) is 0 Å². The van der Waals surface area contributed by atoms with Crippen LogP contribution in [0.25, 0.3) is 0 Å². The minimum atomic E-state index is 0.835. The predicted molar refractivity (Wildman–Crippen MR) is 123 cm³/mol. The van der Waals surface area contributed by atoms with Crippen molar-refractivity contribution in [1.82, 2.24) is 0 Å². The molecule has 1 unspecified atom stereocenters. The molecule has 0 spiro atoms. The first-order valence-electron chi connectivity index (χ1n) is 11.1. The van der Waals surface area contributed by atoms with Crippen LogP contribution in [0.4, 0.5) is 0 Å². The van der Waals surface area contributed by atoms with Crippen molar-refractivity contribution in [2.75, 3.05) is 7.11 Å². The number of allylic oxidation sites excluding steroid dienone is 6. The van der Waals surface area contributed by atoms with E-state index in [1.165, 1.54) is 80.1 Å². The summed E-state index contributed by atoms with van der Waals surface area (Å²) in [5, 5.41) is 0. The van der Waals surface area contributed by atoms with E-state index >= 15 is 0 Å². The van der Waals surface area contributed by atoms with Gasteiger partial charge >= 0.3 is 0 Å². The maximum absolute atomic E-state index is 5.36. The third-order valence-electron chi connectivity index (χ3n) is 5.93. The van der Waals surface area contributed by atoms with Gasteiger partial charge in [0.1, 0.15) is 5.75 Å². The van der Waals surface area contributed by atoms with Gasteiger partial charge < -0.3 is 4.74 Å². The molecule has 1 aromatic rings. The van der Waals surface area contributed by atoms with E-state index in [1.807, 2.05) is 0 Å². The quantitative estimate of drug-likeness (QED) is 0.374. The Balaban J connectivity index is 1.69. The van der Waals surface area contributed by atoms with Gasteiger partial charge in [-0.15, -0.1) is 0 Å². The summed E-state index contributed by atoms with van der Waals surface area (Å²) in [5.74, 6) is 1.83. The molecule has 0 aliphatic heterocycles. The Kier molecular flexibility index (Phi) is 9.61. The topological polar surface area (TPSA) is 9.23 Å². The van der Waals surface area contributed by atoms with Crippen LogP contribution in [0.1, 0.15) is 83.8 Å². The number of methoxy groups -OCH3 is 1. The third kappa shape index (κ3) is 8.09. The summed E-state index contributed by atoms with van der Waals surface area (Å²) in [6, 6.07) is 6.61. The van der Waals surface area contributed by atoms with E-state index in [0.29, 0.717) is 0 Å². The molecule has 0 heterocycles. The van der Waals surface area contributed by atoms with Gasteiger partial charge in [-0.1, -0.05) is 41.0 Å². The second kappa shape index (κ2) is 11.9. The molecular weight excluding hydrogens is 340 g/mol. The van der Waals surface area contributed by atoms with E-state index < -0.39 is 0 Å². The Morgan fingerprint density at radius 3 is 2.29 bits per heavy atom. The average molecular weight is 381 g/mol. The molecule has 1 aliphatic carbocycles. The smallest absolute Gasteiger partial charge is 0.119 e. The molecular formula is C27H40O. The van der Waals surface area contributed by atoms with Crippen molar-refractivity contribution in [2.45, 2.75) is 85.5 Å². The zero-order chi connectivity index (χ0) is 20.4. The van der Waals surface area contributed by atoms with Crippen LogP contribution in [0.5, 0.6) is 5.75 Å². The summed E-state index contributed by atoms with van der Waals surface area (Å²) >= 11 is 0.